The van der Waals surface area contributed by atoms with Crippen LogP contribution in [0.5, 0.6) is 5.75 Å². The molecule has 0 spiro atoms. The van der Waals surface area contributed by atoms with Gasteiger partial charge in [-0.2, -0.15) is 0 Å². The van der Waals surface area contributed by atoms with E-state index in [-0.39, 0.29) is 5.97 Å². The second-order valence-corrected chi connectivity index (χ2v) is 4.85. The van der Waals surface area contributed by atoms with Crippen molar-refractivity contribution >= 4 is 11.7 Å². The molecule has 0 saturated carbocycles. The van der Waals surface area contributed by atoms with Crippen LogP contribution in [-0.2, 0) is 9.53 Å². The highest BCUT2D eigenvalue weighted by atomic mass is 16.5. The van der Waals surface area contributed by atoms with Crippen LogP contribution in [0, 0.1) is 0 Å². The van der Waals surface area contributed by atoms with E-state index in [4.69, 9.17) is 9.47 Å². The molecule has 0 aromatic heterocycles. The fourth-order valence-electron chi connectivity index (χ4n) is 2.17. The number of esters is 1. The Morgan fingerprint density at radius 2 is 2.15 bits per heavy atom. The van der Waals surface area contributed by atoms with Gasteiger partial charge in [0, 0.05) is 24.8 Å². The van der Waals surface area contributed by atoms with Gasteiger partial charge in [0.25, 0.3) is 0 Å². The average Bonchev–Trinajstić information content (AvgIpc) is 2.45. The van der Waals surface area contributed by atoms with Gasteiger partial charge < -0.3 is 14.4 Å². The number of rotatable bonds is 7. The van der Waals surface area contributed by atoms with Crippen molar-refractivity contribution in [3.63, 3.8) is 0 Å². The van der Waals surface area contributed by atoms with Crippen molar-refractivity contribution in [2.75, 3.05) is 32.2 Å². The Bertz CT molecular complexity index is 496. The number of anilines is 1. The van der Waals surface area contributed by atoms with Crippen LogP contribution in [0.4, 0.5) is 5.69 Å². The Morgan fingerprint density at radius 3 is 2.75 bits per heavy atom. The average molecular weight is 275 g/mol. The van der Waals surface area contributed by atoms with Crippen molar-refractivity contribution in [1.82, 2.24) is 0 Å². The van der Waals surface area contributed by atoms with Crippen molar-refractivity contribution in [3.8, 4) is 5.75 Å². The van der Waals surface area contributed by atoms with Gasteiger partial charge in [0.15, 0.2) is 0 Å². The van der Waals surface area contributed by atoms with Crippen LogP contribution < -0.4 is 9.64 Å². The maximum Gasteiger partial charge on any atom is 0.307 e. The van der Waals surface area contributed by atoms with Crippen molar-refractivity contribution < 1.29 is 14.3 Å². The fourth-order valence-corrected chi connectivity index (χ4v) is 2.17. The smallest absolute Gasteiger partial charge is 0.307 e. The minimum Gasteiger partial charge on any atom is -0.497 e. The van der Waals surface area contributed by atoms with Gasteiger partial charge >= 0.3 is 5.97 Å². The zero-order valence-electron chi connectivity index (χ0n) is 12.1. The van der Waals surface area contributed by atoms with Crippen molar-refractivity contribution in [2.45, 2.75) is 19.3 Å². The number of methoxy groups -OCH3 is 2. The zero-order chi connectivity index (χ0) is 14.4. The molecule has 1 aliphatic rings. The number of allylic oxidation sites excluding steroid dienone is 1. The minimum absolute atomic E-state index is 0.180. The normalized spacial score (nSPS) is 13.2. The number of ether oxygens (including phenoxy) is 2. The molecule has 0 atom stereocenters. The molecule has 0 bridgehead atoms. The van der Waals surface area contributed by atoms with E-state index in [0.29, 0.717) is 13.0 Å². The fraction of sp³-hybridized carbons (Fsp3) is 0.438. The maximum absolute atomic E-state index is 11.4. The van der Waals surface area contributed by atoms with E-state index in [9.17, 15) is 4.79 Å². The lowest BCUT2D eigenvalue weighted by atomic mass is 9.98. The summed E-state index contributed by atoms with van der Waals surface area (Å²) in [5.74, 6) is 0.647. The topological polar surface area (TPSA) is 38.8 Å². The van der Waals surface area contributed by atoms with Crippen LogP contribution in [0.2, 0.25) is 0 Å². The van der Waals surface area contributed by atoms with Gasteiger partial charge in [-0.15, -0.1) is 0 Å². The summed E-state index contributed by atoms with van der Waals surface area (Å²) in [5, 5.41) is 0. The molecule has 0 heterocycles. The molecule has 1 aromatic carbocycles. The summed E-state index contributed by atoms with van der Waals surface area (Å²) in [4.78, 5) is 13.6. The summed E-state index contributed by atoms with van der Waals surface area (Å²) in [6.07, 6.45) is 4.96. The number of hydrogen-bond acceptors (Lipinski definition) is 4. The van der Waals surface area contributed by atoms with Crippen LogP contribution in [-0.4, -0.2) is 33.3 Å². The molecule has 0 aliphatic heterocycles. The SMILES string of the molecule is COC(=O)CCN(CC1=CCC1)c1cccc(OC)c1. The molecule has 0 N–H and O–H groups in total. The largest absolute Gasteiger partial charge is 0.497 e. The molecule has 108 valence electrons. The van der Waals surface area contributed by atoms with E-state index in [2.05, 4.69) is 11.0 Å². The molecule has 20 heavy (non-hydrogen) atoms. The van der Waals surface area contributed by atoms with Crippen molar-refractivity contribution in [1.29, 1.82) is 0 Å². The first-order valence-corrected chi connectivity index (χ1v) is 6.86. The molecule has 2 rings (SSSR count). The molecule has 1 aliphatic carbocycles. The maximum atomic E-state index is 11.4. The Hall–Kier alpha value is -1.97. The van der Waals surface area contributed by atoms with E-state index < -0.39 is 0 Å². The van der Waals surface area contributed by atoms with Gasteiger partial charge in [0.2, 0.25) is 0 Å². The molecule has 0 radical (unpaired) electrons. The first kappa shape index (κ1) is 14.4. The summed E-state index contributed by atoms with van der Waals surface area (Å²) in [7, 11) is 3.08. The number of carbonyl (C=O) groups is 1. The predicted octanol–water partition coefficient (Wildman–Crippen LogP) is 2.78. The Kier molecular flexibility index (Phi) is 5.04. The van der Waals surface area contributed by atoms with Crippen LogP contribution in [0.25, 0.3) is 0 Å². The summed E-state index contributed by atoms with van der Waals surface area (Å²) >= 11 is 0. The molecule has 0 unspecified atom stereocenters. The molecular weight excluding hydrogens is 254 g/mol. The summed E-state index contributed by atoms with van der Waals surface area (Å²) in [5.41, 5.74) is 2.50. The van der Waals surface area contributed by atoms with E-state index in [1.165, 1.54) is 12.7 Å². The third kappa shape index (κ3) is 3.76. The lowest BCUT2D eigenvalue weighted by Crippen LogP contribution is -2.29. The molecule has 0 saturated heterocycles. The number of carbonyl (C=O) groups excluding carboxylic acids is 1. The van der Waals surface area contributed by atoms with E-state index >= 15 is 0 Å². The molecule has 4 heteroatoms. The first-order valence-electron chi connectivity index (χ1n) is 6.86. The van der Waals surface area contributed by atoms with Gasteiger partial charge in [0.05, 0.1) is 20.6 Å². The van der Waals surface area contributed by atoms with E-state index in [1.54, 1.807) is 7.11 Å². The van der Waals surface area contributed by atoms with Gasteiger partial charge in [0.1, 0.15) is 5.75 Å². The lowest BCUT2D eigenvalue weighted by molar-refractivity contribution is -0.140. The first-order chi connectivity index (χ1) is 9.72. The predicted molar refractivity (Wildman–Crippen MR) is 79.2 cm³/mol. The second kappa shape index (κ2) is 6.98. The number of hydrogen-bond donors (Lipinski definition) is 0. The summed E-state index contributed by atoms with van der Waals surface area (Å²) < 4.78 is 9.99. The van der Waals surface area contributed by atoms with E-state index in [0.717, 1.165) is 30.8 Å². The van der Waals surface area contributed by atoms with E-state index in [1.807, 2.05) is 24.3 Å². The van der Waals surface area contributed by atoms with Crippen LogP contribution >= 0.6 is 0 Å². The van der Waals surface area contributed by atoms with Crippen molar-refractivity contribution in [2.24, 2.45) is 0 Å². The van der Waals surface area contributed by atoms with Gasteiger partial charge in [-0.3, -0.25) is 4.79 Å². The highest BCUT2D eigenvalue weighted by molar-refractivity contribution is 5.70. The zero-order valence-corrected chi connectivity index (χ0v) is 12.1. The van der Waals surface area contributed by atoms with Gasteiger partial charge in [-0.05, 0) is 25.0 Å². The highest BCUT2D eigenvalue weighted by Crippen LogP contribution is 2.25. The van der Waals surface area contributed by atoms with Crippen molar-refractivity contribution in [3.05, 3.63) is 35.9 Å². The standard InChI is InChI=1S/C16H21NO3/c1-19-15-8-4-7-14(11-15)17(10-9-16(18)20-2)12-13-5-3-6-13/h4-5,7-8,11H,3,6,9-10,12H2,1-2H3. The summed E-state index contributed by atoms with van der Waals surface area (Å²) in [6, 6.07) is 7.93. The summed E-state index contributed by atoms with van der Waals surface area (Å²) in [6.45, 7) is 1.52. The molecule has 0 amide bonds. The molecule has 4 nitrogen and oxygen atoms in total. The quantitative estimate of drug-likeness (QED) is 0.566. The number of benzene rings is 1. The molecular formula is C16H21NO3. The number of nitrogens with zero attached hydrogens (tertiary/aromatic N) is 1. The Labute approximate surface area is 120 Å². The molecule has 1 aromatic rings. The third-order valence-electron chi connectivity index (χ3n) is 3.52. The minimum atomic E-state index is -0.180. The third-order valence-corrected chi connectivity index (χ3v) is 3.52. The monoisotopic (exact) mass is 275 g/mol. The Morgan fingerprint density at radius 1 is 1.35 bits per heavy atom. The lowest BCUT2D eigenvalue weighted by Gasteiger charge is -2.28. The van der Waals surface area contributed by atoms with Crippen LogP contribution in [0.15, 0.2) is 35.9 Å². The van der Waals surface area contributed by atoms with Crippen LogP contribution in [0.1, 0.15) is 19.3 Å². The van der Waals surface area contributed by atoms with Gasteiger partial charge in [-0.25, -0.2) is 0 Å². The van der Waals surface area contributed by atoms with Crippen LogP contribution in [0.3, 0.4) is 0 Å². The van der Waals surface area contributed by atoms with Gasteiger partial charge in [-0.1, -0.05) is 17.7 Å². The molecule has 0 fully saturated rings. The second-order valence-electron chi connectivity index (χ2n) is 4.85. The highest BCUT2D eigenvalue weighted by Gasteiger charge is 2.14. The Balaban J connectivity index is 2.08.